The first-order valence-electron chi connectivity index (χ1n) is 4.41. The second kappa shape index (κ2) is 4.52. The van der Waals surface area contributed by atoms with Gasteiger partial charge in [-0.1, -0.05) is 35.9 Å². The van der Waals surface area contributed by atoms with Crippen molar-refractivity contribution in [2.24, 2.45) is 0 Å². The molecule has 0 heterocycles. The molecule has 0 spiro atoms. The average Bonchev–Trinajstić information content (AvgIpc) is 2.11. The Bertz CT molecular complexity index is 351. The maximum Gasteiger partial charge on any atom is 0.0270 e. The molecule has 1 aromatic carbocycles. The van der Waals surface area contributed by atoms with E-state index in [4.69, 9.17) is 6.42 Å². The van der Waals surface area contributed by atoms with Crippen molar-refractivity contribution in [3.63, 3.8) is 0 Å². The van der Waals surface area contributed by atoms with Crippen molar-refractivity contribution >= 4 is 6.08 Å². The summed E-state index contributed by atoms with van der Waals surface area (Å²) in [5.74, 6) is 2.59. The lowest BCUT2D eigenvalue weighted by atomic mass is 10.1. The molecule has 13 heavy (non-hydrogen) atoms. The fraction of sp³-hybridized carbons (Fsp3) is 0.231. The van der Waals surface area contributed by atoms with Crippen LogP contribution in [0.2, 0.25) is 0 Å². The molecule has 0 N–H and O–H groups in total. The molecule has 0 nitrogen and oxygen atoms in total. The van der Waals surface area contributed by atoms with E-state index in [9.17, 15) is 0 Å². The third-order valence-corrected chi connectivity index (χ3v) is 1.97. The van der Waals surface area contributed by atoms with Gasteiger partial charge in [0, 0.05) is 6.42 Å². The zero-order valence-corrected chi connectivity index (χ0v) is 8.17. The monoisotopic (exact) mass is 170 g/mol. The Morgan fingerprint density at radius 3 is 2.85 bits per heavy atom. The lowest BCUT2D eigenvalue weighted by molar-refractivity contribution is 1.37. The highest BCUT2D eigenvalue weighted by Gasteiger charge is 1.92. The van der Waals surface area contributed by atoms with Gasteiger partial charge in [0.05, 0.1) is 0 Å². The highest BCUT2D eigenvalue weighted by molar-refractivity contribution is 5.54. The third-order valence-electron chi connectivity index (χ3n) is 1.97. The van der Waals surface area contributed by atoms with E-state index in [1.165, 1.54) is 16.7 Å². The molecule has 0 aliphatic rings. The Kier molecular flexibility index (Phi) is 3.34. The molecule has 0 aliphatic carbocycles. The fourth-order valence-electron chi connectivity index (χ4n) is 1.19. The molecule has 0 fully saturated rings. The van der Waals surface area contributed by atoms with Gasteiger partial charge < -0.3 is 0 Å². The van der Waals surface area contributed by atoms with Gasteiger partial charge in [0.15, 0.2) is 0 Å². The van der Waals surface area contributed by atoms with Crippen molar-refractivity contribution < 1.29 is 0 Å². The standard InChI is InChI=1S/C13H14/c1-4-5-6-7-13-10-11(2)8-9-12(13)3/h1,6-10H,5H2,2-3H3/b7-6-. The number of hydrogen-bond donors (Lipinski definition) is 0. The quantitative estimate of drug-likeness (QED) is 0.597. The molecule has 0 saturated carbocycles. The predicted octanol–water partition coefficient (Wildman–Crippen LogP) is 3.34. The van der Waals surface area contributed by atoms with Crippen LogP contribution in [-0.2, 0) is 0 Å². The van der Waals surface area contributed by atoms with E-state index in [1.807, 2.05) is 6.08 Å². The van der Waals surface area contributed by atoms with E-state index in [0.29, 0.717) is 6.42 Å². The maximum absolute atomic E-state index is 5.16. The first kappa shape index (κ1) is 9.61. The molecule has 0 amide bonds. The summed E-state index contributed by atoms with van der Waals surface area (Å²) in [5, 5.41) is 0. The smallest absolute Gasteiger partial charge is 0.0270 e. The van der Waals surface area contributed by atoms with Gasteiger partial charge in [-0.25, -0.2) is 0 Å². The summed E-state index contributed by atoms with van der Waals surface area (Å²) in [5.41, 5.74) is 3.83. The summed E-state index contributed by atoms with van der Waals surface area (Å²) in [6, 6.07) is 6.42. The number of allylic oxidation sites excluding steroid dienone is 1. The Hall–Kier alpha value is -1.48. The minimum Gasteiger partial charge on any atom is -0.120 e. The van der Waals surface area contributed by atoms with Crippen molar-refractivity contribution in [1.29, 1.82) is 0 Å². The van der Waals surface area contributed by atoms with E-state index in [1.54, 1.807) is 0 Å². The molecule has 66 valence electrons. The average molecular weight is 170 g/mol. The van der Waals surface area contributed by atoms with Crippen LogP contribution in [0, 0.1) is 26.2 Å². The normalized spacial score (nSPS) is 10.2. The van der Waals surface area contributed by atoms with E-state index < -0.39 is 0 Å². The number of rotatable bonds is 2. The topological polar surface area (TPSA) is 0 Å². The molecule has 0 radical (unpaired) electrons. The van der Waals surface area contributed by atoms with E-state index in [2.05, 4.69) is 44.0 Å². The summed E-state index contributed by atoms with van der Waals surface area (Å²) in [7, 11) is 0. The SMILES string of the molecule is C#CC/C=C\c1cc(C)ccc1C. The van der Waals surface area contributed by atoms with E-state index >= 15 is 0 Å². The molecule has 1 aromatic rings. The molecule has 0 unspecified atom stereocenters. The molecule has 0 aliphatic heterocycles. The molecule has 1 rings (SSSR count). The molecule has 0 heteroatoms. The minimum absolute atomic E-state index is 0.702. The predicted molar refractivity (Wildman–Crippen MR) is 58.4 cm³/mol. The zero-order valence-electron chi connectivity index (χ0n) is 8.17. The fourth-order valence-corrected chi connectivity index (χ4v) is 1.19. The second-order valence-electron chi connectivity index (χ2n) is 3.17. The lowest BCUT2D eigenvalue weighted by Gasteiger charge is -2.00. The van der Waals surface area contributed by atoms with Crippen LogP contribution in [0.3, 0.4) is 0 Å². The van der Waals surface area contributed by atoms with Gasteiger partial charge in [0.2, 0.25) is 0 Å². The van der Waals surface area contributed by atoms with Crippen molar-refractivity contribution in [3.8, 4) is 12.3 Å². The van der Waals surface area contributed by atoms with Gasteiger partial charge in [-0.15, -0.1) is 12.3 Å². The number of aryl methyl sites for hydroxylation is 2. The van der Waals surface area contributed by atoms with Gasteiger partial charge >= 0.3 is 0 Å². The van der Waals surface area contributed by atoms with Gasteiger partial charge in [0.1, 0.15) is 0 Å². The lowest BCUT2D eigenvalue weighted by Crippen LogP contribution is -1.81. The van der Waals surface area contributed by atoms with Crippen molar-refractivity contribution in [3.05, 3.63) is 41.0 Å². The summed E-state index contributed by atoms with van der Waals surface area (Å²) < 4.78 is 0. The Balaban J connectivity index is 2.88. The number of benzene rings is 1. The van der Waals surface area contributed by atoms with E-state index in [-0.39, 0.29) is 0 Å². The van der Waals surface area contributed by atoms with Crippen LogP contribution in [0.15, 0.2) is 24.3 Å². The molecule has 0 atom stereocenters. The van der Waals surface area contributed by atoms with Crippen LogP contribution < -0.4 is 0 Å². The van der Waals surface area contributed by atoms with Crippen molar-refractivity contribution in [1.82, 2.24) is 0 Å². The largest absolute Gasteiger partial charge is 0.120 e. The van der Waals surface area contributed by atoms with E-state index in [0.717, 1.165) is 0 Å². The zero-order chi connectivity index (χ0) is 9.68. The minimum atomic E-state index is 0.702. The highest BCUT2D eigenvalue weighted by atomic mass is 14.0. The van der Waals surface area contributed by atoms with Crippen LogP contribution in [0.4, 0.5) is 0 Å². The Morgan fingerprint density at radius 1 is 1.38 bits per heavy atom. The van der Waals surface area contributed by atoms with Crippen molar-refractivity contribution in [2.45, 2.75) is 20.3 Å². The van der Waals surface area contributed by atoms with Gasteiger partial charge in [0.25, 0.3) is 0 Å². The molecular weight excluding hydrogens is 156 g/mol. The van der Waals surface area contributed by atoms with Gasteiger partial charge in [-0.05, 0) is 25.0 Å². The molecule has 0 saturated heterocycles. The summed E-state index contributed by atoms with van der Waals surface area (Å²) in [4.78, 5) is 0. The van der Waals surface area contributed by atoms with Crippen LogP contribution >= 0.6 is 0 Å². The third kappa shape index (κ3) is 2.80. The second-order valence-corrected chi connectivity index (χ2v) is 3.17. The van der Waals surface area contributed by atoms with Crippen LogP contribution in [0.1, 0.15) is 23.1 Å². The summed E-state index contributed by atoms with van der Waals surface area (Å²) in [6.45, 7) is 4.20. The molecule has 0 aromatic heterocycles. The number of hydrogen-bond acceptors (Lipinski definition) is 0. The van der Waals surface area contributed by atoms with Crippen molar-refractivity contribution in [2.75, 3.05) is 0 Å². The Morgan fingerprint density at radius 2 is 2.15 bits per heavy atom. The summed E-state index contributed by atoms with van der Waals surface area (Å²) >= 11 is 0. The number of terminal acetylenes is 1. The summed E-state index contributed by atoms with van der Waals surface area (Å²) in [6.07, 6.45) is 9.96. The molecule has 0 bridgehead atoms. The highest BCUT2D eigenvalue weighted by Crippen LogP contribution is 2.12. The van der Waals surface area contributed by atoms with Crippen LogP contribution in [-0.4, -0.2) is 0 Å². The Labute approximate surface area is 80.3 Å². The van der Waals surface area contributed by atoms with Gasteiger partial charge in [-0.2, -0.15) is 0 Å². The molecular formula is C13H14. The first-order valence-corrected chi connectivity index (χ1v) is 4.41. The van der Waals surface area contributed by atoms with Crippen LogP contribution in [0.25, 0.3) is 6.08 Å². The first-order chi connectivity index (χ1) is 6.24. The maximum atomic E-state index is 5.16. The van der Waals surface area contributed by atoms with Crippen LogP contribution in [0.5, 0.6) is 0 Å². The van der Waals surface area contributed by atoms with Gasteiger partial charge in [-0.3, -0.25) is 0 Å².